The van der Waals surface area contributed by atoms with Crippen molar-refractivity contribution in [3.05, 3.63) is 106 Å². The molecular weight excluding hydrogens is 447 g/mol. The van der Waals surface area contributed by atoms with Crippen LogP contribution in [0.2, 0.25) is 0 Å². The minimum Gasteiger partial charge on any atom is -0.497 e. The Bertz CT molecular complexity index is 1680. The van der Waals surface area contributed by atoms with Crippen molar-refractivity contribution in [3.63, 3.8) is 0 Å². The van der Waals surface area contributed by atoms with Crippen LogP contribution in [0.15, 0.2) is 82.3 Å². The maximum Gasteiger partial charge on any atom is 0.225 e. The summed E-state index contributed by atoms with van der Waals surface area (Å²) in [5.74, 6) is -0.438. The SMILES string of the molecule is COc1ccc2occ([C@H]3CC(=O)Nc4cccc5c4c3cn5Cc3cccc(F)c3)c(=O)c2c1. The first-order valence-electron chi connectivity index (χ1n) is 11.3. The average molecular weight is 468 g/mol. The molecule has 35 heavy (non-hydrogen) atoms. The Morgan fingerprint density at radius 1 is 1.09 bits per heavy atom. The van der Waals surface area contributed by atoms with E-state index in [1.165, 1.54) is 25.5 Å². The van der Waals surface area contributed by atoms with Gasteiger partial charge in [-0.1, -0.05) is 18.2 Å². The number of fused-ring (bicyclic) bond motifs is 1. The van der Waals surface area contributed by atoms with E-state index >= 15 is 0 Å². The van der Waals surface area contributed by atoms with Gasteiger partial charge in [0.1, 0.15) is 17.1 Å². The van der Waals surface area contributed by atoms with E-state index in [0.29, 0.717) is 34.5 Å². The molecule has 7 heteroatoms. The monoisotopic (exact) mass is 468 g/mol. The number of rotatable bonds is 4. The van der Waals surface area contributed by atoms with Crippen LogP contribution in [-0.4, -0.2) is 17.6 Å². The molecule has 0 bridgehead atoms. The number of aromatic nitrogens is 1. The van der Waals surface area contributed by atoms with E-state index in [4.69, 9.17) is 9.15 Å². The molecule has 0 unspecified atom stereocenters. The summed E-state index contributed by atoms with van der Waals surface area (Å²) in [6, 6.07) is 17.2. The molecule has 1 N–H and O–H groups in total. The minimum atomic E-state index is -0.512. The lowest BCUT2D eigenvalue weighted by molar-refractivity contribution is -0.116. The molecule has 3 heterocycles. The van der Waals surface area contributed by atoms with Crippen molar-refractivity contribution in [2.75, 3.05) is 12.4 Å². The molecule has 2 aromatic heterocycles. The van der Waals surface area contributed by atoms with E-state index in [9.17, 15) is 14.0 Å². The highest BCUT2D eigenvalue weighted by Gasteiger charge is 2.30. The zero-order chi connectivity index (χ0) is 24.1. The summed E-state index contributed by atoms with van der Waals surface area (Å²) in [6.45, 7) is 0.446. The van der Waals surface area contributed by atoms with Crippen LogP contribution in [0, 0.1) is 5.82 Å². The Labute approximate surface area is 199 Å². The van der Waals surface area contributed by atoms with Crippen LogP contribution in [0.5, 0.6) is 5.75 Å². The molecule has 6 rings (SSSR count). The number of carbonyl (C=O) groups excluding carboxylic acids is 1. The van der Waals surface area contributed by atoms with Crippen LogP contribution in [0.4, 0.5) is 10.1 Å². The quantitative estimate of drug-likeness (QED) is 0.382. The largest absolute Gasteiger partial charge is 0.497 e. The normalized spacial score (nSPS) is 15.3. The number of methoxy groups -OCH3 is 1. The van der Waals surface area contributed by atoms with Crippen molar-refractivity contribution in [2.45, 2.75) is 18.9 Å². The molecule has 0 saturated heterocycles. The lowest BCUT2D eigenvalue weighted by Crippen LogP contribution is -2.19. The molecule has 0 saturated carbocycles. The number of hydrogen-bond donors (Lipinski definition) is 1. The van der Waals surface area contributed by atoms with Crippen LogP contribution >= 0.6 is 0 Å². The smallest absolute Gasteiger partial charge is 0.225 e. The predicted octanol–water partition coefficient (Wildman–Crippen LogP) is 5.42. The number of anilines is 1. The van der Waals surface area contributed by atoms with E-state index in [2.05, 4.69) is 5.32 Å². The Kier molecular flexibility index (Phi) is 4.91. The highest BCUT2D eigenvalue weighted by Crippen LogP contribution is 2.40. The molecule has 0 fully saturated rings. The zero-order valence-electron chi connectivity index (χ0n) is 18.9. The number of carbonyl (C=O) groups is 1. The average Bonchev–Trinajstić information content (AvgIpc) is 3.15. The summed E-state index contributed by atoms with van der Waals surface area (Å²) >= 11 is 0. The first-order valence-corrected chi connectivity index (χ1v) is 11.3. The van der Waals surface area contributed by atoms with Gasteiger partial charge in [0.25, 0.3) is 0 Å². The summed E-state index contributed by atoms with van der Waals surface area (Å²) in [5.41, 5.74) is 3.90. The second-order valence-electron chi connectivity index (χ2n) is 8.73. The number of halogens is 1. The van der Waals surface area contributed by atoms with Gasteiger partial charge >= 0.3 is 0 Å². The van der Waals surface area contributed by atoms with Crippen molar-refractivity contribution in [2.24, 2.45) is 0 Å². The van der Waals surface area contributed by atoms with Gasteiger partial charge in [-0.2, -0.15) is 0 Å². The van der Waals surface area contributed by atoms with Crippen molar-refractivity contribution >= 4 is 33.5 Å². The Hall–Kier alpha value is -4.39. The predicted molar refractivity (Wildman–Crippen MR) is 132 cm³/mol. The molecule has 5 aromatic rings. The molecule has 174 valence electrons. The fraction of sp³-hybridized carbons (Fsp3) is 0.143. The summed E-state index contributed by atoms with van der Waals surface area (Å²) in [5, 5.41) is 4.25. The number of nitrogens with one attached hydrogen (secondary N) is 1. The highest BCUT2D eigenvalue weighted by molar-refractivity contribution is 6.06. The van der Waals surface area contributed by atoms with Crippen LogP contribution < -0.4 is 15.5 Å². The molecule has 6 nitrogen and oxygen atoms in total. The van der Waals surface area contributed by atoms with Gasteiger partial charge < -0.3 is 19.0 Å². The second kappa shape index (κ2) is 8.13. The van der Waals surface area contributed by atoms with Crippen molar-refractivity contribution in [1.29, 1.82) is 0 Å². The van der Waals surface area contributed by atoms with E-state index in [-0.39, 0.29) is 23.6 Å². The summed E-state index contributed by atoms with van der Waals surface area (Å²) in [4.78, 5) is 26.4. The van der Waals surface area contributed by atoms with Gasteiger partial charge in [0.15, 0.2) is 5.43 Å². The van der Waals surface area contributed by atoms with Crippen LogP contribution in [-0.2, 0) is 11.3 Å². The van der Waals surface area contributed by atoms with Gasteiger partial charge in [0.2, 0.25) is 5.91 Å². The van der Waals surface area contributed by atoms with Crippen molar-refractivity contribution in [3.8, 4) is 5.75 Å². The molecule has 0 radical (unpaired) electrons. The maximum absolute atomic E-state index is 13.8. The Morgan fingerprint density at radius 3 is 2.77 bits per heavy atom. The summed E-state index contributed by atoms with van der Waals surface area (Å²) < 4.78 is 27.0. The zero-order valence-corrected chi connectivity index (χ0v) is 18.9. The number of nitrogens with zero attached hydrogens (tertiary/aromatic N) is 1. The Balaban J connectivity index is 1.56. The maximum atomic E-state index is 13.8. The Morgan fingerprint density at radius 2 is 1.94 bits per heavy atom. The summed E-state index contributed by atoms with van der Waals surface area (Å²) in [6.07, 6.45) is 3.51. The minimum absolute atomic E-state index is 0.0913. The molecule has 1 aliphatic rings. The van der Waals surface area contributed by atoms with Crippen molar-refractivity contribution in [1.82, 2.24) is 4.57 Å². The molecule has 1 atom stereocenters. The van der Waals surface area contributed by atoms with Gasteiger partial charge in [0.05, 0.1) is 30.0 Å². The highest BCUT2D eigenvalue weighted by atomic mass is 19.1. The third-order valence-corrected chi connectivity index (χ3v) is 6.60. The number of amides is 1. The molecule has 1 amide bonds. The fourth-order valence-corrected chi connectivity index (χ4v) is 4.98. The molecular formula is C28H21FN2O4. The van der Waals surface area contributed by atoms with Crippen LogP contribution in [0.1, 0.15) is 29.0 Å². The van der Waals surface area contributed by atoms with Crippen LogP contribution in [0.3, 0.4) is 0 Å². The third kappa shape index (κ3) is 3.56. The standard InChI is InChI=1S/C28H21FN2O4/c1-34-18-8-9-25-20(11-18)28(33)22(15-35-25)19-12-26(32)30-23-6-3-7-24-27(23)21(19)14-31(24)13-16-4-2-5-17(29)10-16/h2-11,14-15,19H,12-13H2,1H3,(H,30,32)/t19-/m0/s1. The van der Waals surface area contributed by atoms with Gasteiger partial charge in [-0.05, 0) is 53.6 Å². The van der Waals surface area contributed by atoms with Gasteiger partial charge in [-0.15, -0.1) is 0 Å². The summed E-state index contributed by atoms with van der Waals surface area (Å²) in [7, 11) is 1.54. The van der Waals surface area contributed by atoms with Gasteiger partial charge in [0, 0.05) is 36.0 Å². The lowest BCUT2D eigenvalue weighted by atomic mass is 9.89. The van der Waals surface area contributed by atoms with Crippen molar-refractivity contribution < 1.29 is 18.3 Å². The number of ether oxygens (including phenoxy) is 1. The van der Waals surface area contributed by atoms with Crippen LogP contribution in [0.25, 0.3) is 21.9 Å². The van der Waals surface area contributed by atoms with Gasteiger partial charge in [-0.3, -0.25) is 9.59 Å². The van der Waals surface area contributed by atoms with E-state index in [1.54, 1.807) is 24.3 Å². The van der Waals surface area contributed by atoms with E-state index in [0.717, 1.165) is 22.0 Å². The molecule has 3 aromatic carbocycles. The fourth-order valence-electron chi connectivity index (χ4n) is 4.98. The lowest BCUT2D eigenvalue weighted by Gasteiger charge is -2.14. The number of hydrogen-bond acceptors (Lipinski definition) is 4. The molecule has 0 aliphatic carbocycles. The second-order valence-corrected chi connectivity index (χ2v) is 8.73. The van der Waals surface area contributed by atoms with E-state index < -0.39 is 5.92 Å². The molecule has 1 aliphatic heterocycles. The van der Waals surface area contributed by atoms with E-state index in [1.807, 2.05) is 35.0 Å². The first kappa shape index (κ1) is 21.2. The topological polar surface area (TPSA) is 73.5 Å². The third-order valence-electron chi connectivity index (χ3n) is 6.60. The first-order chi connectivity index (χ1) is 17.0. The molecule has 0 spiro atoms. The number of benzene rings is 3. The van der Waals surface area contributed by atoms with Gasteiger partial charge in [-0.25, -0.2) is 4.39 Å².